The van der Waals surface area contributed by atoms with Crippen molar-refractivity contribution in [2.45, 2.75) is 6.42 Å². The molecule has 0 saturated carbocycles. The van der Waals surface area contributed by atoms with Crippen LogP contribution in [0.1, 0.15) is 5.69 Å². The first-order valence-corrected chi connectivity index (χ1v) is 8.97. The molecule has 3 amide bonds. The molecule has 3 N–H and O–H groups in total. The molecule has 8 heteroatoms. The molecule has 0 spiro atoms. The summed E-state index contributed by atoms with van der Waals surface area (Å²) in [5.74, 6) is -0.170. The molecule has 2 aromatic carbocycles. The van der Waals surface area contributed by atoms with Crippen LogP contribution in [0, 0.1) is 0 Å². The molecule has 0 radical (unpaired) electrons. The van der Waals surface area contributed by atoms with Gasteiger partial charge in [0, 0.05) is 21.8 Å². The Morgan fingerprint density at radius 3 is 2.50 bits per heavy atom. The molecule has 1 aromatic heterocycles. The molecule has 132 valence electrons. The average Bonchev–Trinajstić information content (AvgIpc) is 3.02. The standard InChI is InChI=1S/C18H15ClN4O2S/c19-12-5-4-8-14(9-12)21-17(25)23-18-22-15(11-26-18)10-16(24)20-13-6-2-1-3-7-13/h1-9,11H,10H2,(H,20,24)(H2,21,22,23,25). The van der Waals surface area contributed by atoms with Gasteiger partial charge in [-0.3, -0.25) is 10.1 Å². The van der Waals surface area contributed by atoms with Crippen molar-refractivity contribution in [2.75, 3.05) is 16.0 Å². The number of para-hydroxylation sites is 1. The van der Waals surface area contributed by atoms with Gasteiger partial charge in [0.25, 0.3) is 0 Å². The van der Waals surface area contributed by atoms with E-state index in [0.29, 0.717) is 21.5 Å². The number of thiazole rings is 1. The van der Waals surface area contributed by atoms with Gasteiger partial charge in [0.05, 0.1) is 12.1 Å². The van der Waals surface area contributed by atoms with Crippen LogP contribution in [-0.4, -0.2) is 16.9 Å². The average molecular weight is 387 g/mol. The topological polar surface area (TPSA) is 83.1 Å². The van der Waals surface area contributed by atoms with Crippen LogP contribution >= 0.6 is 22.9 Å². The quantitative estimate of drug-likeness (QED) is 0.598. The predicted octanol–water partition coefficient (Wildman–Crippen LogP) is 4.62. The first-order valence-electron chi connectivity index (χ1n) is 7.71. The Hall–Kier alpha value is -2.90. The zero-order chi connectivity index (χ0) is 18.4. The second-order valence-corrected chi connectivity index (χ2v) is 6.62. The van der Waals surface area contributed by atoms with Crippen molar-refractivity contribution >= 4 is 51.4 Å². The zero-order valence-electron chi connectivity index (χ0n) is 13.5. The number of hydrogen-bond acceptors (Lipinski definition) is 4. The lowest BCUT2D eigenvalue weighted by Gasteiger charge is -2.05. The van der Waals surface area contributed by atoms with Crippen molar-refractivity contribution in [3.05, 3.63) is 70.7 Å². The van der Waals surface area contributed by atoms with Crippen LogP contribution in [0.4, 0.5) is 21.3 Å². The lowest BCUT2D eigenvalue weighted by Crippen LogP contribution is -2.19. The van der Waals surface area contributed by atoms with Crippen LogP contribution in [0.15, 0.2) is 60.0 Å². The van der Waals surface area contributed by atoms with E-state index in [1.54, 1.807) is 29.6 Å². The number of halogens is 1. The molecule has 3 aromatic rings. The summed E-state index contributed by atoms with van der Waals surface area (Å²) in [4.78, 5) is 28.3. The Morgan fingerprint density at radius 2 is 1.73 bits per heavy atom. The normalized spacial score (nSPS) is 10.2. The maximum Gasteiger partial charge on any atom is 0.325 e. The Bertz CT molecular complexity index is 914. The Labute approximate surface area is 159 Å². The Kier molecular flexibility index (Phi) is 5.83. The van der Waals surface area contributed by atoms with Crippen LogP contribution in [0.25, 0.3) is 0 Å². The number of carbonyl (C=O) groups is 2. The van der Waals surface area contributed by atoms with Gasteiger partial charge in [-0.25, -0.2) is 9.78 Å². The third kappa shape index (κ3) is 5.30. The number of urea groups is 1. The summed E-state index contributed by atoms with van der Waals surface area (Å²) in [5, 5.41) is 10.8. The first-order chi connectivity index (χ1) is 12.6. The summed E-state index contributed by atoms with van der Waals surface area (Å²) in [6.45, 7) is 0. The van der Waals surface area contributed by atoms with Gasteiger partial charge in [0.2, 0.25) is 5.91 Å². The van der Waals surface area contributed by atoms with E-state index in [4.69, 9.17) is 11.6 Å². The van der Waals surface area contributed by atoms with Gasteiger partial charge in [-0.2, -0.15) is 0 Å². The van der Waals surface area contributed by atoms with E-state index in [-0.39, 0.29) is 12.3 Å². The summed E-state index contributed by atoms with van der Waals surface area (Å²) in [6.07, 6.45) is 0.128. The van der Waals surface area contributed by atoms with E-state index in [1.807, 2.05) is 30.3 Å². The van der Waals surface area contributed by atoms with Crippen LogP contribution in [-0.2, 0) is 11.2 Å². The first kappa shape index (κ1) is 17.9. The second-order valence-electron chi connectivity index (χ2n) is 5.32. The van der Waals surface area contributed by atoms with Crippen LogP contribution < -0.4 is 16.0 Å². The van der Waals surface area contributed by atoms with E-state index < -0.39 is 6.03 Å². The monoisotopic (exact) mass is 386 g/mol. The fraction of sp³-hybridized carbons (Fsp3) is 0.0556. The molecule has 0 bridgehead atoms. The van der Waals surface area contributed by atoms with Crippen molar-refractivity contribution < 1.29 is 9.59 Å². The van der Waals surface area contributed by atoms with Gasteiger partial charge in [0.15, 0.2) is 5.13 Å². The summed E-state index contributed by atoms with van der Waals surface area (Å²) in [6, 6.07) is 15.6. The van der Waals surface area contributed by atoms with Gasteiger partial charge in [0.1, 0.15) is 0 Å². The van der Waals surface area contributed by atoms with E-state index in [9.17, 15) is 9.59 Å². The number of nitrogens with one attached hydrogen (secondary N) is 3. The molecule has 0 aliphatic rings. The number of rotatable bonds is 5. The highest BCUT2D eigenvalue weighted by molar-refractivity contribution is 7.14. The molecule has 0 fully saturated rings. The molecule has 0 saturated heterocycles. The lowest BCUT2D eigenvalue weighted by atomic mass is 10.3. The fourth-order valence-electron chi connectivity index (χ4n) is 2.16. The third-order valence-electron chi connectivity index (χ3n) is 3.25. The van der Waals surface area contributed by atoms with Gasteiger partial charge in [-0.1, -0.05) is 35.9 Å². The van der Waals surface area contributed by atoms with Gasteiger partial charge < -0.3 is 10.6 Å². The number of anilines is 3. The molecular weight excluding hydrogens is 372 g/mol. The number of nitrogens with zero attached hydrogens (tertiary/aromatic N) is 1. The second kappa shape index (κ2) is 8.46. The minimum absolute atomic E-state index is 0.128. The fourth-order valence-corrected chi connectivity index (χ4v) is 3.06. The molecular formula is C18H15ClN4O2S. The van der Waals surface area contributed by atoms with Crippen molar-refractivity contribution in [3.63, 3.8) is 0 Å². The summed E-state index contributed by atoms with van der Waals surface area (Å²) in [7, 11) is 0. The van der Waals surface area contributed by atoms with Crippen LogP contribution in [0.5, 0.6) is 0 Å². The number of aromatic nitrogens is 1. The highest BCUT2D eigenvalue weighted by atomic mass is 35.5. The minimum Gasteiger partial charge on any atom is -0.326 e. The summed E-state index contributed by atoms with van der Waals surface area (Å²) < 4.78 is 0. The molecule has 6 nitrogen and oxygen atoms in total. The molecule has 0 aliphatic carbocycles. The van der Waals surface area contributed by atoms with Crippen LogP contribution in [0.3, 0.4) is 0 Å². The highest BCUT2D eigenvalue weighted by Crippen LogP contribution is 2.18. The SMILES string of the molecule is O=C(Cc1csc(NC(=O)Nc2cccc(Cl)c2)n1)Nc1ccccc1. The molecule has 0 atom stereocenters. The molecule has 26 heavy (non-hydrogen) atoms. The highest BCUT2D eigenvalue weighted by Gasteiger charge is 2.10. The maximum absolute atomic E-state index is 12.0. The predicted molar refractivity (Wildman–Crippen MR) is 105 cm³/mol. The van der Waals surface area contributed by atoms with Crippen molar-refractivity contribution in [1.29, 1.82) is 0 Å². The van der Waals surface area contributed by atoms with Gasteiger partial charge in [-0.15, -0.1) is 11.3 Å². The number of amides is 3. The van der Waals surface area contributed by atoms with Gasteiger partial charge in [-0.05, 0) is 30.3 Å². The smallest absolute Gasteiger partial charge is 0.325 e. The zero-order valence-corrected chi connectivity index (χ0v) is 15.1. The maximum atomic E-state index is 12.0. The van der Waals surface area contributed by atoms with Gasteiger partial charge >= 0.3 is 6.03 Å². The number of hydrogen-bond donors (Lipinski definition) is 3. The Balaban J connectivity index is 1.52. The molecule has 3 rings (SSSR count). The molecule has 0 aliphatic heterocycles. The van der Waals surface area contributed by atoms with E-state index in [2.05, 4.69) is 20.9 Å². The van der Waals surface area contributed by atoms with E-state index >= 15 is 0 Å². The summed E-state index contributed by atoms with van der Waals surface area (Å²) >= 11 is 7.13. The van der Waals surface area contributed by atoms with Crippen molar-refractivity contribution in [3.8, 4) is 0 Å². The summed E-state index contributed by atoms with van der Waals surface area (Å²) in [5.41, 5.74) is 1.89. The van der Waals surface area contributed by atoms with E-state index in [1.165, 1.54) is 11.3 Å². The molecule has 0 unspecified atom stereocenters. The third-order valence-corrected chi connectivity index (χ3v) is 4.30. The van der Waals surface area contributed by atoms with Crippen LogP contribution in [0.2, 0.25) is 5.02 Å². The van der Waals surface area contributed by atoms with Crippen molar-refractivity contribution in [1.82, 2.24) is 4.98 Å². The lowest BCUT2D eigenvalue weighted by molar-refractivity contribution is -0.115. The Morgan fingerprint density at radius 1 is 0.962 bits per heavy atom. The van der Waals surface area contributed by atoms with E-state index in [0.717, 1.165) is 5.69 Å². The number of carbonyl (C=O) groups excluding carboxylic acids is 2. The van der Waals surface area contributed by atoms with Crippen molar-refractivity contribution in [2.24, 2.45) is 0 Å². The largest absolute Gasteiger partial charge is 0.326 e. The number of benzene rings is 2. The molecule has 1 heterocycles. The minimum atomic E-state index is -0.429.